The van der Waals surface area contributed by atoms with Crippen molar-refractivity contribution in [3.8, 4) is 17.4 Å². The van der Waals surface area contributed by atoms with Crippen LogP contribution in [0, 0.1) is 6.57 Å². The summed E-state index contributed by atoms with van der Waals surface area (Å²) in [6.07, 6.45) is 2.48. The molecule has 1 aliphatic rings. The fourth-order valence-electron chi connectivity index (χ4n) is 3.21. The van der Waals surface area contributed by atoms with E-state index >= 15 is 0 Å². The molecule has 0 N–H and O–H groups in total. The van der Waals surface area contributed by atoms with Gasteiger partial charge in [0.05, 0.1) is 13.1 Å². The molecule has 1 aromatic heterocycles. The minimum atomic E-state index is -0.0220. The highest BCUT2D eigenvalue weighted by atomic mass is 35.5. The highest BCUT2D eigenvalue weighted by molar-refractivity contribution is 6.31. The number of hydrogen-bond acceptors (Lipinski definition) is 4. The topological polar surface area (TPSA) is 39.0 Å². The first-order chi connectivity index (χ1) is 13.7. The summed E-state index contributed by atoms with van der Waals surface area (Å²) in [7, 11) is 0. The van der Waals surface area contributed by atoms with E-state index in [0.29, 0.717) is 28.9 Å². The molecule has 0 radical (unpaired) electrons. The van der Waals surface area contributed by atoms with Gasteiger partial charge in [0.25, 0.3) is 0 Å². The third-order valence-electron chi connectivity index (χ3n) is 4.53. The van der Waals surface area contributed by atoms with Crippen LogP contribution in [0.3, 0.4) is 0 Å². The molecular formula is C22H18ClN3O2. The van der Waals surface area contributed by atoms with Crippen LogP contribution in [0.1, 0.15) is 6.42 Å². The van der Waals surface area contributed by atoms with Crippen molar-refractivity contribution in [3.05, 3.63) is 83.3 Å². The van der Waals surface area contributed by atoms with Gasteiger partial charge < -0.3 is 14.4 Å². The highest BCUT2D eigenvalue weighted by Gasteiger charge is 2.26. The largest absolute Gasteiger partial charge is 0.471 e. The van der Waals surface area contributed by atoms with Gasteiger partial charge in [-0.2, -0.15) is 0 Å². The third kappa shape index (κ3) is 4.03. The van der Waals surface area contributed by atoms with Crippen molar-refractivity contribution in [2.75, 3.05) is 18.0 Å². The maximum absolute atomic E-state index is 7.57. The van der Waals surface area contributed by atoms with Crippen LogP contribution in [0.25, 0.3) is 4.85 Å². The van der Waals surface area contributed by atoms with E-state index in [0.717, 1.165) is 24.4 Å². The number of para-hydroxylation sites is 1. The predicted octanol–water partition coefficient (Wildman–Crippen LogP) is 5.74. The number of benzene rings is 2. The van der Waals surface area contributed by atoms with Crippen LogP contribution in [0.4, 0.5) is 11.4 Å². The lowest BCUT2D eigenvalue weighted by Crippen LogP contribution is -2.24. The van der Waals surface area contributed by atoms with Gasteiger partial charge >= 0.3 is 0 Å². The molecule has 1 aliphatic heterocycles. The number of nitrogens with zero attached hydrogens (tertiary/aromatic N) is 3. The quantitative estimate of drug-likeness (QED) is 0.520. The second kappa shape index (κ2) is 8.20. The summed E-state index contributed by atoms with van der Waals surface area (Å²) in [5.74, 6) is 1.84. The summed E-state index contributed by atoms with van der Waals surface area (Å²) < 4.78 is 11.8. The van der Waals surface area contributed by atoms with Crippen LogP contribution < -0.4 is 14.4 Å². The lowest BCUT2D eigenvalue weighted by molar-refractivity contribution is 0.216. The first kappa shape index (κ1) is 18.1. The molecule has 2 aromatic carbocycles. The molecule has 5 nitrogen and oxygen atoms in total. The number of pyridine rings is 1. The zero-order chi connectivity index (χ0) is 19.3. The first-order valence-electron chi connectivity index (χ1n) is 8.99. The fourth-order valence-corrected chi connectivity index (χ4v) is 3.37. The summed E-state index contributed by atoms with van der Waals surface area (Å²) in [5.41, 5.74) is 1.44. The highest BCUT2D eigenvalue weighted by Crippen LogP contribution is 2.36. The summed E-state index contributed by atoms with van der Waals surface area (Å²) in [6.45, 7) is 9.04. The number of ether oxygens (including phenoxy) is 2. The van der Waals surface area contributed by atoms with Crippen molar-refractivity contribution >= 4 is 23.0 Å². The molecule has 140 valence electrons. The average molecular weight is 392 g/mol. The van der Waals surface area contributed by atoms with Gasteiger partial charge in [0.15, 0.2) is 0 Å². The smallest absolute Gasteiger partial charge is 0.232 e. The normalized spacial score (nSPS) is 15.9. The molecule has 0 amide bonds. The summed E-state index contributed by atoms with van der Waals surface area (Å²) in [5, 5.41) is 0.505. The molecule has 6 heteroatoms. The Morgan fingerprint density at radius 2 is 1.93 bits per heavy atom. The van der Waals surface area contributed by atoms with Crippen LogP contribution in [0.5, 0.6) is 17.4 Å². The number of hydrogen-bond donors (Lipinski definition) is 0. The Balaban J connectivity index is 1.47. The van der Waals surface area contributed by atoms with Crippen LogP contribution in [0.2, 0.25) is 5.02 Å². The van der Waals surface area contributed by atoms with E-state index in [-0.39, 0.29) is 6.10 Å². The van der Waals surface area contributed by atoms with E-state index in [2.05, 4.69) is 14.7 Å². The lowest BCUT2D eigenvalue weighted by atomic mass is 10.2. The van der Waals surface area contributed by atoms with Gasteiger partial charge in [-0.25, -0.2) is 9.83 Å². The Kier molecular flexibility index (Phi) is 5.31. The second-order valence-corrected chi connectivity index (χ2v) is 6.85. The van der Waals surface area contributed by atoms with Crippen molar-refractivity contribution in [2.45, 2.75) is 12.5 Å². The third-order valence-corrected chi connectivity index (χ3v) is 4.82. The van der Waals surface area contributed by atoms with Crippen LogP contribution in [-0.2, 0) is 0 Å². The van der Waals surface area contributed by atoms with Crippen LogP contribution in [0.15, 0.2) is 66.9 Å². The van der Waals surface area contributed by atoms with Crippen molar-refractivity contribution in [2.24, 2.45) is 0 Å². The molecule has 28 heavy (non-hydrogen) atoms. The maximum atomic E-state index is 7.57. The number of anilines is 1. The Hall–Kier alpha value is -3.23. The van der Waals surface area contributed by atoms with Crippen LogP contribution >= 0.6 is 11.6 Å². The van der Waals surface area contributed by atoms with Gasteiger partial charge in [-0.05, 0) is 42.5 Å². The molecule has 0 saturated carbocycles. The molecule has 4 rings (SSSR count). The van der Waals surface area contributed by atoms with Crippen molar-refractivity contribution in [1.29, 1.82) is 0 Å². The van der Waals surface area contributed by atoms with Crippen LogP contribution in [-0.4, -0.2) is 24.2 Å². The Bertz CT molecular complexity index is 1000. The van der Waals surface area contributed by atoms with Gasteiger partial charge in [0.2, 0.25) is 11.6 Å². The van der Waals surface area contributed by atoms with E-state index in [4.69, 9.17) is 27.6 Å². The van der Waals surface area contributed by atoms with E-state index in [1.54, 1.807) is 24.4 Å². The Labute approximate surface area is 168 Å². The van der Waals surface area contributed by atoms with Crippen molar-refractivity contribution in [1.82, 2.24) is 4.98 Å². The summed E-state index contributed by atoms with van der Waals surface area (Å²) >= 11 is 6.13. The standard InChI is InChI=1S/C22H18ClN3O2/c1-24-20-14-17(27-16-6-3-2-4-7-16)9-10-21(20)26-13-11-18(15-26)28-22-19(23)8-5-12-25-22/h2-10,12,14,18H,11,13,15H2/t18-/m0/s1. The molecule has 1 saturated heterocycles. The molecule has 0 spiro atoms. The molecule has 1 fully saturated rings. The minimum absolute atomic E-state index is 0.0220. The minimum Gasteiger partial charge on any atom is -0.471 e. The molecule has 3 aromatic rings. The average Bonchev–Trinajstić information content (AvgIpc) is 3.19. The molecule has 2 heterocycles. The van der Waals surface area contributed by atoms with Gasteiger partial charge in [0.1, 0.15) is 22.6 Å². The number of rotatable bonds is 5. The molecule has 1 atom stereocenters. The van der Waals surface area contributed by atoms with Gasteiger partial charge in [-0.15, -0.1) is 0 Å². The van der Waals surface area contributed by atoms with E-state index < -0.39 is 0 Å². The van der Waals surface area contributed by atoms with Gasteiger partial charge in [0, 0.05) is 24.8 Å². The first-order valence-corrected chi connectivity index (χ1v) is 9.37. The monoisotopic (exact) mass is 391 g/mol. The predicted molar refractivity (Wildman–Crippen MR) is 110 cm³/mol. The molecule has 0 bridgehead atoms. The Morgan fingerprint density at radius 1 is 1.07 bits per heavy atom. The summed E-state index contributed by atoms with van der Waals surface area (Å²) in [4.78, 5) is 10.0. The van der Waals surface area contributed by atoms with Gasteiger partial charge in [-0.1, -0.05) is 29.8 Å². The van der Waals surface area contributed by atoms with E-state index in [1.807, 2.05) is 42.5 Å². The lowest BCUT2D eigenvalue weighted by Gasteiger charge is -2.21. The van der Waals surface area contributed by atoms with E-state index in [9.17, 15) is 0 Å². The van der Waals surface area contributed by atoms with Gasteiger partial charge in [-0.3, -0.25) is 0 Å². The zero-order valence-corrected chi connectivity index (χ0v) is 15.8. The number of halogens is 1. The second-order valence-electron chi connectivity index (χ2n) is 6.44. The SMILES string of the molecule is [C-]#[N+]c1cc(Oc2ccccc2)ccc1N1CC[C@H](Oc2ncccc2Cl)C1. The molecule has 0 unspecified atom stereocenters. The maximum Gasteiger partial charge on any atom is 0.232 e. The zero-order valence-electron chi connectivity index (χ0n) is 15.1. The Morgan fingerprint density at radius 3 is 2.71 bits per heavy atom. The fraction of sp³-hybridized carbons (Fsp3) is 0.182. The van der Waals surface area contributed by atoms with Crippen molar-refractivity contribution in [3.63, 3.8) is 0 Å². The number of aromatic nitrogens is 1. The summed E-state index contributed by atoms with van der Waals surface area (Å²) in [6, 6.07) is 18.7. The van der Waals surface area contributed by atoms with E-state index in [1.165, 1.54) is 0 Å². The van der Waals surface area contributed by atoms with Crippen molar-refractivity contribution < 1.29 is 9.47 Å². The molecular weight excluding hydrogens is 374 g/mol. The molecule has 0 aliphatic carbocycles.